The Bertz CT molecular complexity index is 537. The summed E-state index contributed by atoms with van der Waals surface area (Å²) in [5, 5.41) is 0. The van der Waals surface area contributed by atoms with Crippen LogP contribution < -0.4 is 4.74 Å². The van der Waals surface area contributed by atoms with Crippen LogP contribution >= 0.6 is 0 Å². The molecule has 3 rings (SSSR count). The minimum atomic E-state index is 0.0895. The van der Waals surface area contributed by atoms with E-state index in [1.165, 1.54) is 50.8 Å². The van der Waals surface area contributed by atoms with Crippen molar-refractivity contribution in [2.45, 2.75) is 57.5 Å². The molecule has 4 nitrogen and oxygen atoms in total. The number of likely N-dealkylation sites (tertiary alicyclic amines) is 1. The standard InChI is InChI=1S/C20H30N2O2/c1-16-9-11-17(12-10-16)24-15-20(23)21(2)18-7-3-4-8-19(18)22-13-5-6-14-22/h9-12,18-19H,3-8,13-15H2,1-2H3. The zero-order valence-electron chi connectivity index (χ0n) is 15.0. The minimum Gasteiger partial charge on any atom is -0.484 e. The highest BCUT2D eigenvalue weighted by Crippen LogP contribution is 2.29. The average Bonchev–Trinajstić information content (AvgIpc) is 3.15. The summed E-state index contributed by atoms with van der Waals surface area (Å²) >= 11 is 0. The molecule has 1 aliphatic heterocycles. The molecular weight excluding hydrogens is 300 g/mol. The van der Waals surface area contributed by atoms with Gasteiger partial charge in [0.2, 0.25) is 0 Å². The fourth-order valence-electron chi connectivity index (χ4n) is 4.11. The maximum absolute atomic E-state index is 12.6. The Morgan fingerprint density at radius 2 is 1.79 bits per heavy atom. The first kappa shape index (κ1) is 17.3. The Morgan fingerprint density at radius 3 is 2.50 bits per heavy atom. The molecule has 1 amide bonds. The van der Waals surface area contributed by atoms with Crippen LogP contribution in [0.4, 0.5) is 0 Å². The third-order valence-corrected chi connectivity index (χ3v) is 5.58. The predicted molar refractivity (Wildman–Crippen MR) is 96.3 cm³/mol. The molecule has 4 heteroatoms. The largest absolute Gasteiger partial charge is 0.484 e. The van der Waals surface area contributed by atoms with Gasteiger partial charge in [0.1, 0.15) is 5.75 Å². The monoisotopic (exact) mass is 330 g/mol. The van der Waals surface area contributed by atoms with E-state index in [0.29, 0.717) is 12.1 Å². The van der Waals surface area contributed by atoms with E-state index in [1.54, 1.807) is 0 Å². The number of amides is 1. The molecule has 0 N–H and O–H groups in total. The first-order valence-corrected chi connectivity index (χ1v) is 9.34. The Labute approximate surface area is 145 Å². The smallest absolute Gasteiger partial charge is 0.260 e. The molecule has 1 saturated heterocycles. The maximum Gasteiger partial charge on any atom is 0.260 e. The molecule has 0 radical (unpaired) electrons. The van der Waals surface area contributed by atoms with Gasteiger partial charge in [0.05, 0.1) is 0 Å². The SMILES string of the molecule is Cc1ccc(OCC(=O)N(C)C2CCCCC2N2CCCC2)cc1. The Kier molecular flexibility index (Phi) is 5.77. The Balaban J connectivity index is 1.57. The quantitative estimate of drug-likeness (QED) is 0.831. The molecule has 0 aromatic heterocycles. The van der Waals surface area contributed by atoms with Crippen LogP contribution in [-0.2, 0) is 4.79 Å². The summed E-state index contributed by atoms with van der Waals surface area (Å²) in [5.41, 5.74) is 1.20. The van der Waals surface area contributed by atoms with Gasteiger partial charge in [-0.15, -0.1) is 0 Å². The first-order chi connectivity index (χ1) is 11.6. The van der Waals surface area contributed by atoms with Gasteiger partial charge in [0, 0.05) is 19.1 Å². The molecule has 1 heterocycles. The van der Waals surface area contributed by atoms with Crippen molar-refractivity contribution in [1.29, 1.82) is 0 Å². The van der Waals surface area contributed by atoms with E-state index in [9.17, 15) is 4.79 Å². The molecule has 1 aliphatic carbocycles. The number of hydrogen-bond acceptors (Lipinski definition) is 3. The number of hydrogen-bond donors (Lipinski definition) is 0. The van der Waals surface area contributed by atoms with Crippen LogP contribution in [0.2, 0.25) is 0 Å². The van der Waals surface area contributed by atoms with Gasteiger partial charge in [0.15, 0.2) is 6.61 Å². The van der Waals surface area contributed by atoms with Crippen LogP contribution in [0.5, 0.6) is 5.75 Å². The second-order valence-electron chi connectivity index (χ2n) is 7.27. The zero-order valence-corrected chi connectivity index (χ0v) is 15.0. The van der Waals surface area contributed by atoms with Crippen LogP contribution in [-0.4, -0.2) is 54.5 Å². The Hall–Kier alpha value is -1.55. The molecule has 1 saturated carbocycles. The van der Waals surface area contributed by atoms with Gasteiger partial charge in [0.25, 0.3) is 5.91 Å². The summed E-state index contributed by atoms with van der Waals surface area (Å²) in [7, 11) is 1.96. The molecule has 1 aromatic carbocycles. The van der Waals surface area contributed by atoms with Crippen molar-refractivity contribution in [1.82, 2.24) is 9.80 Å². The lowest BCUT2D eigenvalue weighted by Crippen LogP contribution is -2.53. The third kappa shape index (κ3) is 4.10. The van der Waals surface area contributed by atoms with E-state index >= 15 is 0 Å². The van der Waals surface area contributed by atoms with E-state index in [2.05, 4.69) is 4.90 Å². The topological polar surface area (TPSA) is 32.8 Å². The van der Waals surface area contributed by atoms with Crippen molar-refractivity contribution in [3.63, 3.8) is 0 Å². The number of ether oxygens (including phenoxy) is 1. The maximum atomic E-state index is 12.6. The lowest BCUT2D eigenvalue weighted by atomic mass is 9.88. The lowest BCUT2D eigenvalue weighted by molar-refractivity contribution is -0.136. The molecule has 2 fully saturated rings. The fraction of sp³-hybridized carbons (Fsp3) is 0.650. The van der Waals surface area contributed by atoms with Gasteiger partial charge < -0.3 is 9.64 Å². The van der Waals surface area contributed by atoms with Crippen molar-refractivity contribution in [3.8, 4) is 5.75 Å². The summed E-state index contributed by atoms with van der Waals surface area (Å²) in [6.07, 6.45) is 7.47. The summed E-state index contributed by atoms with van der Waals surface area (Å²) in [4.78, 5) is 17.2. The molecule has 0 bridgehead atoms. The highest BCUT2D eigenvalue weighted by Gasteiger charge is 2.35. The van der Waals surface area contributed by atoms with Crippen molar-refractivity contribution >= 4 is 5.91 Å². The molecule has 0 spiro atoms. The van der Waals surface area contributed by atoms with Crippen LogP contribution in [0.25, 0.3) is 0 Å². The molecule has 24 heavy (non-hydrogen) atoms. The minimum absolute atomic E-state index is 0.0895. The van der Waals surface area contributed by atoms with Crippen LogP contribution in [0.15, 0.2) is 24.3 Å². The lowest BCUT2D eigenvalue weighted by Gasteiger charge is -2.42. The van der Waals surface area contributed by atoms with Gasteiger partial charge in [-0.25, -0.2) is 0 Å². The molecule has 2 aliphatic rings. The summed E-state index contributed by atoms with van der Waals surface area (Å²) < 4.78 is 5.69. The summed E-state index contributed by atoms with van der Waals surface area (Å²) in [6.45, 7) is 4.57. The van der Waals surface area contributed by atoms with Crippen LogP contribution in [0, 0.1) is 6.92 Å². The van der Waals surface area contributed by atoms with Crippen molar-refractivity contribution in [2.24, 2.45) is 0 Å². The average molecular weight is 330 g/mol. The molecule has 2 atom stereocenters. The second kappa shape index (κ2) is 8.02. The van der Waals surface area contributed by atoms with E-state index in [4.69, 9.17) is 4.74 Å². The normalized spacial score (nSPS) is 24.8. The summed E-state index contributed by atoms with van der Waals surface area (Å²) in [5.74, 6) is 0.855. The number of carbonyl (C=O) groups is 1. The van der Waals surface area contributed by atoms with Gasteiger partial charge in [-0.3, -0.25) is 9.69 Å². The second-order valence-corrected chi connectivity index (χ2v) is 7.27. The van der Waals surface area contributed by atoms with Gasteiger partial charge in [-0.2, -0.15) is 0 Å². The number of likely N-dealkylation sites (N-methyl/N-ethyl adjacent to an activating group) is 1. The number of rotatable bonds is 5. The number of nitrogens with zero attached hydrogens (tertiary/aromatic N) is 2. The highest BCUT2D eigenvalue weighted by atomic mass is 16.5. The Morgan fingerprint density at radius 1 is 1.12 bits per heavy atom. The molecular formula is C20H30N2O2. The fourth-order valence-corrected chi connectivity index (χ4v) is 4.11. The molecule has 1 aromatic rings. The van der Waals surface area contributed by atoms with Crippen molar-refractivity contribution in [3.05, 3.63) is 29.8 Å². The van der Waals surface area contributed by atoms with E-state index in [0.717, 1.165) is 12.2 Å². The van der Waals surface area contributed by atoms with Crippen molar-refractivity contribution < 1.29 is 9.53 Å². The van der Waals surface area contributed by atoms with E-state index in [1.807, 2.05) is 43.1 Å². The third-order valence-electron chi connectivity index (χ3n) is 5.58. The summed E-state index contributed by atoms with van der Waals surface area (Å²) in [6, 6.07) is 8.75. The van der Waals surface area contributed by atoms with Gasteiger partial charge in [-0.05, 0) is 57.8 Å². The van der Waals surface area contributed by atoms with Crippen LogP contribution in [0.1, 0.15) is 44.1 Å². The van der Waals surface area contributed by atoms with Crippen LogP contribution in [0.3, 0.4) is 0 Å². The predicted octanol–water partition coefficient (Wildman–Crippen LogP) is 3.24. The highest BCUT2D eigenvalue weighted by molar-refractivity contribution is 5.78. The number of carbonyl (C=O) groups excluding carboxylic acids is 1. The van der Waals surface area contributed by atoms with Gasteiger partial charge >= 0.3 is 0 Å². The van der Waals surface area contributed by atoms with Crippen molar-refractivity contribution in [2.75, 3.05) is 26.7 Å². The zero-order chi connectivity index (χ0) is 16.9. The first-order valence-electron chi connectivity index (χ1n) is 9.34. The molecule has 132 valence electrons. The number of aryl methyl sites for hydroxylation is 1. The molecule has 2 unspecified atom stereocenters. The number of benzene rings is 1. The van der Waals surface area contributed by atoms with E-state index in [-0.39, 0.29) is 12.5 Å². The van der Waals surface area contributed by atoms with E-state index < -0.39 is 0 Å². The van der Waals surface area contributed by atoms with Gasteiger partial charge in [-0.1, -0.05) is 30.5 Å².